The maximum absolute atomic E-state index is 13.7. The van der Waals surface area contributed by atoms with Gasteiger partial charge in [-0.15, -0.1) is 24.0 Å². The Morgan fingerprint density at radius 2 is 1.87 bits per heavy atom. The molecule has 10 heteroatoms. The molecule has 0 atom stereocenters. The average Bonchev–Trinajstić information content (AvgIpc) is 2.65. The van der Waals surface area contributed by atoms with Gasteiger partial charge in [-0.25, -0.2) is 8.78 Å². The summed E-state index contributed by atoms with van der Waals surface area (Å²) in [5, 5.41) is 6.21. The molecule has 2 rings (SSSR count). The van der Waals surface area contributed by atoms with E-state index in [2.05, 4.69) is 15.6 Å². The van der Waals surface area contributed by atoms with Crippen molar-refractivity contribution in [1.82, 2.24) is 15.5 Å². The zero-order valence-electron chi connectivity index (χ0n) is 17.1. The maximum Gasteiger partial charge on any atom is 0.401 e. The number of hydrogen-bond donors (Lipinski definition) is 2. The first-order valence-corrected chi connectivity index (χ1v) is 10.0. The highest BCUT2D eigenvalue weighted by Crippen LogP contribution is 2.24. The van der Waals surface area contributed by atoms with Gasteiger partial charge in [-0.1, -0.05) is 0 Å². The Morgan fingerprint density at radius 1 is 1.17 bits per heavy atom. The summed E-state index contributed by atoms with van der Waals surface area (Å²) in [6, 6.07) is 3.39. The number of piperidine rings is 1. The van der Waals surface area contributed by atoms with Crippen molar-refractivity contribution in [3.05, 3.63) is 35.4 Å². The van der Waals surface area contributed by atoms with Crippen LogP contribution in [0.2, 0.25) is 0 Å². The third-order valence-electron chi connectivity index (χ3n) is 4.96. The number of nitrogens with one attached hydrogen (secondary N) is 2. The Bertz CT molecular complexity index is 661. The molecule has 0 unspecified atom stereocenters. The van der Waals surface area contributed by atoms with Crippen LogP contribution in [-0.2, 0) is 6.42 Å². The van der Waals surface area contributed by atoms with E-state index in [0.29, 0.717) is 56.6 Å². The molecule has 0 radical (unpaired) electrons. The van der Waals surface area contributed by atoms with E-state index >= 15 is 0 Å². The first-order valence-electron chi connectivity index (χ1n) is 10.0. The monoisotopic (exact) mass is 548 g/mol. The molecule has 0 bridgehead atoms. The zero-order chi connectivity index (χ0) is 21.3. The van der Waals surface area contributed by atoms with Crippen LogP contribution < -0.4 is 10.6 Å². The van der Waals surface area contributed by atoms with E-state index in [0.717, 1.165) is 31.4 Å². The van der Waals surface area contributed by atoms with Crippen LogP contribution in [0, 0.1) is 17.6 Å². The third-order valence-corrected chi connectivity index (χ3v) is 4.96. The van der Waals surface area contributed by atoms with Gasteiger partial charge in [-0.2, -0.15) is 13.2 Å². The van der Waals surface area contributed by atoms with Gasteiger partial charge < -0.3 is 10.6 Å². The summed E-state index contributed by atoms with van der Waals surface area (Å²) >= 11 is 0. The van der Waals surface area contributed by atoms with Crippen molar-refractivity contribution >= 4 is 29.9 Å². The number of rotatable bonds is 8. The van der Waals surface area contributed by atoms with Crippen molar-refractivity contribution in [1.29, 1.82) is 0 Å². The first-order chi connectivity index (χ1) is 13.8. The van der Waals surface area contributed by atoms with Crippen LogP contribution in [0.15, 0.2) is 23.2 Å². The second-order valence-corrected chi connectivity index (χ2v) is 7.30. The minimum Gasteiger partial charge on any atom is -0.357 e. The highest BCUT2D eigenvalue weighted by molar-refractivity contribution is 14.0. The minimum atomic E-state index is -4.14. The van der Waals surface area contributed by atoms with Gasteiger partial charge >= 0.3 is 6.18 Å². The van der Waals surface area contributed by atoms with Crippen molar-refractivity contribution in [2.24, 2.45) is 10.9 Å². The lowest BCUT2D eigenvalue weighted by molar-refractivity contribution is -0.148. The van der Waals surface area contributed by atoms with Crippen LogP contribution in [0.5, 0.6) is 0 Å². The quantitative estimate of drug-likeness (QED) is 0.220. The van der Waals surface area contributed by atoms with Crippen molar-refractivity contribution < 1.29 is 22.0 Å². The third kappa shape index (κ3) is 10.2. The first kappa shape index (κ1) is 26.9. The van der Waals surface area contributed by atoms with Gasteiger partial charge in [0, 0.05) is 19.6 Å². The lowest BCUT2D eigenvalue weighted by Crippen LogP contribution is -2.40. The van der Waals surface area contributed by atoms with Crippen LogP contribution in [0.4, 0.5) is 22.0 Å². The summed E-state index contributed by atoms with van der Waals surface area (Å²) in [6.45, 7) is 3.65. The van der Waals surface area contributed by atoms with Crippen molar-refractivity contribution in [3.8, 4) is 0 Å². The molecule has 1 saturated heterocycles. The molecule has 4 nitrogen and oxygen atoms in total. The molecule has 1 aliphatic rings. The Morgan fingerprint density at radius 3 is 2.50 bits per heavy atom. The van der Waals surface area contributed by atoms with Gasteiger partial charge in [-0.05, 0) is 75.4 Å². The van der Waals surface area contributed by atoms with Gasteiger partial charge in [0.05, 0.1) is 6.54 Å². The zero-order valence-corrected chi connectivity index (χ0v) is 19.4. The van der Waals surface area contributed by atoms with E-state index in [1.54, 1.807) is 0 Å². The molecular weight excluding hydrogens is 518 g/mol. The number of hydrogen-bond acceptors (Lipinski definition) is 2. The number of aliphatic imine (C=N–C) groups is 1. The Hall–Kier alpha value is -1.17. The van der Waals surface area contributed by atoms with Gasteiger partial charge in [0.1, 0.15) is 11.6 Å². The number of nitrogens with zero attached hydrogens (tertiary/aromatic N) is 2. The topological polar surface area (TPSA) is 39.7 Å². The molecule has 0 aliphatic carbocycles. The van der Waals surface area contributed by atoms with Crippen molar-refractivity contribution in [2.45, 2.75) is 38.8 Å². The molecule has 1 aromatic carbocycles. The molecule has 30 heavy (non-hydrogen) atoms. The molecule has 0 aromatic heterocycles. The summed E-state index contributed by atoms with van der Waals surface area (Å²) in [7, 11) is 0. The molecule has 2 N–H and O–H groups in total. The summed E-state index contributed by atoms with van der Waals surface area (Å²) in [4.78, 5) is 5.95. The fourth-order valence-electron chi connectivity index (χ4n) is 3.44. The number of alkyl halides is 3. The fraction of sp³-hybridized carbons (Fsp3) is 0.650. The average molecular weight is 548 g/mol. The highest BCUT2D eigenvalue weighted by atomic mass is 127. The molecule has 1 fully saturated rings. The summed E-state index contributed by atoms with van der Waals surface area (Å²) < 4.78 is 64.2. The predicted octanol–water partition coefficient (Wildman–Crippen LogP) is 4.34. The maximum atomic E-state index is 13.7. The molecular formula is C20H30F5IN4. The van der Waals surface area contributed by atoms with Crippen LogP contribution in [-0.4, -0.2) is 56.3 Å². The molecule has 0 spiro atoms. The summed E-state index contributed by atoms with van der Waals surface area (Å²) in [5.74, 6) is 0.0570. The fourth-order valence-corrected chi connectivity index (χ4v) is 3.44. The number of likely N-dealkylation sites (tertiary alicyclic amines) is 1. The predicted molar refractivity (Wildman–Crippen MR) is 119 cm³/mol. The smallest absolute Gasteiger partial charge is 0.357 e. The standard InChI is InChI=1S/C20H29F5N4.HI/c1-2-26-19(28-10-6-16-13-17(21)3-4-18(16)22)27-9-5-15-7-11-29(12-8-15)14-20(23,24)25;/h3-4,13,15H,2,5-12,14H2,1H3,(H2,26,27,28);1H. The molecule has 1 aromatic rings. The van der Waals surface area contributed by atoms with E-state index in [4.69, 9.17) is 0 Å². The molecule has 0 saturated carbocycles. The van der Waals surface area contributed by atoms with Crippen molar-refractivity contribution in [2.75, 3.05) is 39.3 Å². The van der Waals surface area contributed by atoms with Crippen molar-refractivity contribution in [3.63, 3.8) is 0 Å². The van der Waals surface area contributed by atoms with Gasteiger partial charge in [0.15, 0.2) is 5.96 Å². The van der Waals surface area contributed by atoms with Crippen LogP contribution >= 0.6 is 24.0 Å². The summed E-state index contributed by atoms with van der Waals surface area (Å²) in [6.07, 6.45) is -1.51. The van der Waals surface area contributed by atoms with E-state index in [1.807, 2.05) is 6.92 Å². The Labute approximate surface area is 191 Å². The molecule has 1 aliphatic heterocycles. The Kier molecular flexibility index (Phi) is 11.9. The van der Waals surface area contributed by atoms with E-state index in [1.165, 1.54) is 11.0 Å². The second kappa shape index (κ2) is 13.3. The van der Waals surface area contributed by atoms with Crippen LogP contribution in [0.1, 0.15) is 31.7 Å². The molecule has 172 valence electrons. The number of guanidine groups is 1. The van der Waals surface area contributed by atoms with E-state index in [-0.39, 0.29) is 24.0 Å². The van der Waals surface area contributed by atoms with Crippen LogP contribution in [0.3, 0.4) is 0 Å². The van der Waals surface area contributed by atoms with Gasteiger partial charge in [0.2, 0.25) is 0 Å². The lowest BCUT2D eigenvalue weighted by atomic mass is 9.93. The molecule has 0 amide bonds. The highest BCUT2D eigenvalue weighted by Gasteiger charge is 2.32. The van der Waals surface area contributed by atoms with E-state index in [9.17, 15) is 22.0 Å². The van der Waals surface area contributed by atoms with Gasteiger partial charge in [-0.3, -0.25) is 9.89 Å². The molecule has 1 heterocycles. The summed E-state index contributed by atoms with van der Waals surface area (Å²) in [5.41, 5.74) is 0.305. The SMILES string of the molecule is CCNC(=NCCC1CCN(CC(F)(F)F)CC1)NCCc1cc(F)ccc1F.I. The van der Waals surface area contributed by atoms with Crippen LogP contribution in [0.25, 0.3) is 0 Å². The Balaban J connectivity index is 0.00000450. The normalized spacial score (nSPS) is 16.3. The largest absolute Gasteiger partial charge is 0.401 e. The number of halogens is 6. The lowest BCUT2D eigenvalue weighted by Gasteiger charge is -2.32. The minimum absolute atomic E-state index is 0. The van der Waals surface area contributed by atoms with E-state index < -0.39 is 24.4 Å². The number of benzene rings is 1. The second-order valence-electron chi connectivity index (χ2n) is 7.30. The van der Waals surface area contributed by atoms with Gasteiger partial charge in [0.25, 0.3) is 0 Å².